The Morgan fingerprint density at radius 3 is 2.34 bits per heavy atom. The van der Waals surface area contributed by atoms with Crippen LogP contribution in [0.2, 0.25) is 0 Å². The van der Waals surface area contributed by atoms with E-state index in [0.717, 1.165) is 30.7 Å². The van der Waals surface area contributed by atoms with E-state index in [-0.39, 0.29) is 5.57 Å². The number of ether oxygens (including phenoxy) is 2. The number of carbonyl (C=O) groups is 3. The lowest BCUT2D eigenvalue weighted by Crippen LogP contribution is -2.54. The molecule has 0 unspecified atom stereocenters. The summed E-state index contributed by atoms with van der Waals surface area (Å²) in [5.74, 6) is -0.332. The second kappa shape index (κ2) is 11.8. The van der Waals surface area contributed by atoms with E-state index >= 15 is 0 Å². The lowest BCUT2D eigenvalue weighted by Gasteiger charge is -2.28. The zero-order valence-electron chi connectivity index (χ0n) is 21.8. The molecule has 0 atom stereocenters. The quantitative estimate of drug-likeness (QED) is 0.186. The molecule has 1 N–H and O–H groups in total. The molecule has 4 amide bonds. The fourth-order valence-corrected chi connectivity index (χ4v) is 5.23. The zero-order chi connectivity index (χ0) is 27.4. The number of amides is 4. The summed E-state index contributed by atoms with van der Waals surface area (Å²) in [4.78, 5) is 39.8. The van der Waals surface area contributed by atoms with Crippen LogP contribution >= 0.6 is 22.6 Å². The Morgan fingerprint density at radius 1 is 0.947 bits per heavy atom. The van der Waals surface area contributed by atoms with E-state index in [9.17, 15) is 14.4 Å². The van der Waals surface area contributed by atoms with Crippen LogP contribution in [0.1, 0.15) is 41.7 Å². The van der Waals surface area contributed by atoms with Gasteiger partial charge in [-0.15, -0.1) is 0 Å². The first-order valence-electron chi connectivity index (χ1n) is 12.4. The van der Waals surface area contributed by atoms with E-state index in [4.69, 9.17) is 9.47 Å². The van der Waals surface area contributed by atoms with Crippen molar-refractivity contribution >= 4 is 52.2 Å². The molecule has 3 aromatic carbocycles. The molecule has 0 radical (unpaired) electrons. The molecule has 38 heavy (non-hydrogen) atoms. The molecule has 0 aromatic heterocycles. The molecule has 3 aromatic rings. The minimum atomic E-state index is -0.766. The highest BCUT2D eigenvalue weighted by atomic mass is 127. The number of aryl methyl sites for hydroxylation is 3. The van der Waals surface area contributed by atoms with Gasteiger partial charge in [0, 0.05) is 0 Å². The minimum Gasteiger partial charge on any atom is -0.490 e. The summed E-state index contributed by atoms with van der Waals surface area (Å²) in [5.41, 5.74) is 5.09. The van der Waals surface area contributed by atoms with Crippen LogP contribution < -0.4 is 19.7 Å². The third kappa shape index (κ3) is 5.91. The maximum atomic E-state index is 13.4. The first kappa shape index (κ1) is 27.4. The van der Waals surface area contributed by atoms with Crippen molar-refractivity contribution in [2.75, 3.05) is 11.5 Å². The zero-order valence-corrected chi connectivity index (χ0v) is 23.9. The number of carbonyl (C=O) groups excluding carboxylic acids is 3. The Bertz CT molecular complexity index is 1430. The number of anilines is 1. The SMILES string of the molecule is CCOc1cc(/C=C2/C(=O)NC(=O)N(c3ccccc3CC)C2=O)cc(I)c1OCc1cc(C)cc(C)c1. The van der Waals surface area contributed by atoms with Crippen molar-refractivity contribution in [2.24, 2.45) is 0 Å². The smallest absolute Gasteiger partial charge is 0.335 e. The largest absolute Gasteiger partial charge is 0.490 e. The number of benzene rings is 3. The molecule has 196 valence electrons. The summed E-state index contributed by atoms with van der Waals surface area (Å²) in [7, 11) is 0. The number of urea groups is 1. The van der Waals surface area contributed by atoms with E-state index in [1.165, 1.54) is 6.08 Å². The Kier molecular flexibility index (Phi) is 8.51. The molecule has 1 fully saturated rings. The highest BCUT2D eigenvalue weighted by molar-refractivity contribution is 14.1. The fourth-order valence-electron chi connectivity index (χ4n) is 4.45. The predicted octanol–water partition coefficient (Wildman–Crippen LogP) is 6.11. The topological polar surface area (TPSA) is 84.9 Å². The van der Waals surface area contributed by atoms with E-state index in [1.807, 2.05) is 45.9 Å². The Balaban J connectivity index is 1.68. The third-order valence-electron chi connectivity index (χ3n) is 6.02. The number of nitrogens with one attached hydrogen (secondary N) is 1. The number of nitrogens with zero attached hydrogens (tertiary/aromatic N) is 1. The Morgan fingerprint density at radius 2 is 1.66 bits per heavy atom. The van der Waals surface area contributed by atoms with Gasteiger partial charge in [-0.1, -0.05) is 54.4 Å². The Hall–Kier alpha value is -3.66. The second-order valence-electron chi connectivity index (χ2n) is 8.99. The van der Waals surface area contributed by atoms with Gasteiger partial charge in [-0.2, -0.15) is 0 Å². The van der Waals surface area contributed by atoms with Gasteiger partial charge in [-0.3, -0.25) is 14.9 Å². The van der Waals surface area contributed by atoms with Gasteiger partial charge in [0.25, 0.3) is 11.8 Å². The van der Waals surface area contributed by atoms with Crippen LogP contribution in [0.4, 0.5) is 10.5 Å². The number of hydrogen-bond donors (Lipinski definition) is 1. The number of rotatable bonds is 8. The maximum Gasteiger partial charge on any atom is 0.335 e. The summed E-state index contributed by atoms with van der Waals surface area (Å²) in [6.07, 6.45) is 2.10. The number of halogens is 1. The number of para-hydroxylation sites is 1. The van der Waals surface area contributed by atoms with Gasteiger partial charge in [-0.05, 0) is 90.7 Å². The molecule has 0 aliphatic carbocycles. The van der Waals surface area contributed by atoms with Crippen LogP contribution in [0.5, 0.6) is 11.5 Å². The summed E-state index contributed by atoms with van der Waals surface area (Å²) >= 11 is 2.15. The maximum absolute atomic E-state index is 13.4. The number of hydrogen-bond acceptors (Lipinski definition) is 5. The summed E-state index contributed by atoms with van der Waals surface area (Å²) in [6.45, 7) is 8.69. The monoisotopic (exact) mass is 624 g/mol. The average molecular weight is 624 g/mol. The van der Waals surface area contributed by atoms with Crippen molar-refractivity contribution in [1.29, 1.82) is 0 Å². The predicted molar refractivity (Wildman–Crippen MR) is 155 cm³/mol. The summed E-state index contributed by atoms with van der Waals surface area (Å²) < 4.78 is 12.8. The van der Waals surface area contributed by atoms with Crippen LogP contribution in [0.3, 0.4) is 0 Å². The molecule has 8 heteroatoms. The molecule has 1 aliphatic heterocycles. The lowest BCUT2D eigenvalue weighted by molar-refractivity contribution is -0.122. The van der Waals surface area contributed by atoms with Crippen molar-refractivity contribution in [3.05, 3.63) is 91.6 Å². The van der Waals surface area contributed by atoms with Crippen LogP contribution in [0.25, 0.3) is 6.08 Å². The van der Waals surface area contributed by atoms with Crippen LogP contribution in [-0.2, 0) is 22.6 Å². The van der Waals surface area contributed by atoms with Gasteiger partial charge < -0.3 is 9.47 Å². The lowest BCUT2D eigenvalue weighted by atomic mass is 10.0. The molecule has 0 bridgehead atoms. The standard InChI is InChI=1S/C30H29IN2O5/c1-5-22-9-7-8-10-25(22)33-29(35)23(28(34)32-30(33)36)14-20-15-24(31)27(26(16-20)37-6-2)38-17-21-12-18(3)11-19(4)13-21/h7-16H,5-6,17H2,1-4H3,(H,32,34,36)/b23-14-. The van der Waals surface area contributed by atoms with Crippen LogP contribution in [-0.4, -0.2) is 24.5 Å². The highest BCUT2D eigenvalue weighted by Crippen LogP contribution is 2.36. The Labute approximate surface area is 236 Å². The average Bonchev–Trinajstić information content (AvgIpc) is 2.86. The third-order valence-corrected chi connectivity index (χ3v) is 6.82. The van der Waals surface area contributed by atoms with Gasteiger partial charge >= 0.3 is 6.03 Å². The van der Waals surface area contributed by atoms with Gasteiger partial charge in [0.2, 0.25) is 0 Å². The molecular formula is C30H29IN2O5. The van der Waals surface area contributed by atoms with Crippen molar-refractivity contribution in [2.45, 2.75) is 40.7 Å². The van der Waals surface area contributed by atoms with E-state index < -0.39 is 17.8 Å². The fraction of sp³-hybridized carbons (Fsp3) is 0.233. The van der Waals surface area contributed by atoms with Crippen molar-refractivity contribution < 1.29 is 23.9 Å². The van der Waals surface area contributed by atoms with Crippen molar-refractivity contribution in [3.63, 3.8) is 0 Å². The second-order valence-corrected chi connectivity index (χ2v) is 10.1. The molecule has 1 saturated heterocycles. The first-order valence-corrected chi connectivity index (χ1v) is 13.4. The molecular weight excluding hydrogens is 595 g/mol. The first-order chi connectivity index (χ1) is 18.2. The molecule has 4 rings (SSSR count). The molecule has 1 heterocycles. The molecule has 0 spiro atoms. The van der Waals surface area contributed by atoms with Crippen molar-refractivity contribution in [3.8, 4) is 11.5 Å². The van der Waals surface area contributed by atoms with Gasteiger partial charge in [0.15, 0.2) is 11.5 Å². The molecule has 0 saturated carbocycles. The van der Waals surface area contributed by atoms with Gasteiger partial charge in [0.05, 0.1) is 15.9 Å². The van der Waals surface area contributed by atoms with Gasteiger partial charge in [-0.25, -0.2) is 9.69 Å². The van der Waals surface area contributed by atoms with E-state index in [1.54, 1.807) is 18.2 Å². The van der Waals surface area contributed by atoms with Crippen molar-refractivity contribution in [1.82, 2.24) is 5.32 Å². The summed E-state index contributed by atoms with van der Waals surface area (Å²) in [6, 6.07) is 16.2. The molecule has 1 aliphatic rings. The normalized spacial score (nSPS) is 14.6. The van der Waals surface area contributed by atoms with E-state index in [2.05, 4.69) is 46.1 Å². The highest BCUT2D eigenvalue weighted by Gasteiger charge is 2.37. The minimum absolute atomic E-state index is 0.141. The molecule has 7 nitrogen and oxygen atoms in total. The summed E-state index contributed by atoms with van der Waals surface area (Å²) in [5, 5.41) is 2.29. The van der Waals surface area contributed by atoms with Crippen LogP contribution in [0, 0.1) is 17.4 Å². The van der Waals surface area contributed by atoms with Crippen LogP contribution in [0.15, 0.2) is 60.2 Å². The van der Waals surface area contributed by atoms with Gasteiger partial charge in [0.1, 0.15) is 12.2 Å². The van der Waals surface area contributed by atoms with E-state index in [0.29, 0.717) is 42.4 Å². The number of imide groups is 2. The number of barbiturate groups is 1.